The molecule has 0 radical (unpaired) electrons. The SMILES string of the molecule is CCNC(=O)NC1=CN2C(n3cccn3)=CC(c3cnc(N4CCC(CC)(C(=O)O)CC4)nc3)=CC2(C)N1. The molecule has 0 aliphatic carbocycles. The molecule has 2 aromatic rings. The quantitative estimate of drug-likeness (QED) is 0.434. The molecule has 0 aromatic carbocycles. The van der Waals surface area contributed by atoms with Crippen LogP contribution < -0.4 is 20.9 Å². The summed E-state index contributed by atoms with van der Waals surface area (Å²) >= 11 is 0. The number of carboxylic acid groups (broad SMARTS) is 1. The molecule has 12 heteroatoms. The second-order valence-electron chi connectivity index (χ2n) is 9.92. The van der Waals surface area contributed by atoms with Crippen molar-refractivity contribution in [3.63, 3.8) is 0 Å². The van der Waals surface area contributed by atoms with E-state index in [1.165, 1.54) is 0 Å². The summed E-state index contributed by atoms with van der Waals surface area (Å²) in [5.41, 5.74) is 0.393. The molecule has 1 fully saturated rings. The molecule has 12 nitrogen and oxygen atoms in total. The first-order chi connectivity index (χ1) is 18.3. The number of hydrogen-bond donors (Lipinski definition) is 4. The molecule has 200 valence electrons. The Hall–Kier alpha value is -4.35. The third-order valence-electron chi connectivity index (χ3n) is 7.54. The van der Waals surface area contributed by atoms with Crippen LogP contribution >= 0.6 is 0 Å². The van der Waals surface area contributed by atoms with Crippen molar-refractivity contribution in [2.24, 2.45) is 5.41 Å². The second-order valence-corrected chi connectivity index (χ2v) is 9.92. The van der Waals surface area contributed by atoms with Crippen molar-refractivity contribution in [1.29, 1.82) is 0 Å². The number of carbonyl (C=O) groups is 2. The van der Waals surface area contributed by atoms with E-state index >= 15 is 0 Å². The topological polar surface area (TPSA) is 141 Å². The summed E-state index contributed by atoms with van der Waals surface area (Å²) in [6.07, 6.45) is 14.8. The third kappa shape index (κ3) is 4.57. The largest absolute Gasteiger partial charge is 0.481 e. The van der Waals surface area contributed by atoms with E-state index in [4.69, 9.17) is 0 Å². The zero-order chi connectivity index (χ0) is 26.9. The number of hydrogen-bond acceptors (Lipinski definition) is 8. The van der Waals surface area contributed by atoms with Gasteiger partial charge in [-0.3, -0.25) is 10.1 Å². The minimum atomic E-state index is -0.721. The van der Waals surface area contributed by atoms with Crippen LogP contribution in [0.15, 0.2) is 55.0 Å². The lowest BCUT2D eigenvalue weighted by Gasteiger charge is -2.39. The van der Waals surface area contributed by atoms with Crippen LogP contribution in [0.25, 0.3) is 11.4 Å². The number of nitrogens with zero attached hydrogens (tertiary/aromatic N) is 6. The monoisotopic (exact) mass is 519 g/mol. The van der Waals surface area contributed by atoms with Gasteiger partial charge in [-0.1, -0.05) is 6.92 Å². The molecule has 1 saturated heterocycles. The number of anilines is 1. The van der Waals surface area contributed by atoms with E-state index < -0.39 is 17.0 Å². The molecule has 0 saturated carbocycles. The summed E-state index contributed by atoms with van der Waals surface area (Å²) in [5, 5.41) is 23.1. The van der Waals surface area contributed by atoms with E-state index in [0.29, 0.717) is 50.7 Å². The van der Waals surface area contributed by atoms with Gasteiger partial charge in [0.05, 0.1) is 5.41 Å². The lowest BCUT2D eigenvalue weighted by molar-refractivity contribution is -0.150. The fraction of sp³-hybridized carbons (Fsp3) is 0.423. The van der Waals surface area contributed by atoms with Crippen molar-refractivity contribution in [3.05, 3.63) is 60.6 Å². The molecule has 3 aliphatic heterocycles. The second kappa shape index (κ2) is 9.84. The molecule has 4 N–H and O–H groups in total. The van der Waals surface area contributed by atoms with Gasteiger partial charge in [-0.05, 0) is 56.9 Å². The van der Waals surface area contributed by atoms with Gasteiger partial charge in [0.1, 0.15) is 17.3 Å². The van der Waals surface area contributed by atoms with Gasteiger partial charge < -0.3 is 25.5 Å². The molecule has 0 spiro atoms. The first-order valence-corrected chi connectivity index (χ1v) is 12.9. The number of rotatable bonds is 7. The molecular weight excluding hydrogens is 486 g/mol. The number of urea groups is 1. The molecule has 2 amide bonds. The number of amides is 2. The first kappa shape index (κ1) is 25.3. The van der Waals surface area contributed by atoms with Crippen LogP contribution in [0.2, 0.25) is 0 Å². The summed E-state index contributed by atoms with van der Waals surface area (Å²) in [5.74, 6) is 1.23. The molecule has 0 bridgehead atoms. The fourth-order valence-corrected chi connectivity index (χ4v) is 5.22. The summed E-state index contributed by atoms with van der Waals surface area (Å²) in [6.45, 7) is 7.55. The number of nitrogens with one attached hydrogen (secondary N) is 3. The average Bonchev–Trinajstić information content (AvgIpc) is 3.56. The smallest absolute Gasteiger partial charge is 0.320 e. The van der Waals surface area contributed by atoms with Gasteiger partial charge in [-0.25, -0.2) is 19.4 Å². The Morgan fingerprint density at radius 2 is 1.92 bits per heavy atom. The van der Waals surface area contributed by atoms with Gasteiger partial charge >= 0.3 is 12.0 Å². The number of carboxylic acids is 1. The zero-order valence-electron chi connectivity index (χ0n) is 21.8. The third-order valence-corrected chi connectivity index (χ3v) is 7.54. The van der Waals surface area contributed by atoms with Crippen LogP contribution in [0, 0.1) is 5.41 Å². The predicted octanol–water partition coefficient (Wildman–Crippen LogP) is 2.39. The highest BCUT2D eigenvalue weighted by atomic mass is 16.4. The van der Waals surface area contributed by atoms with Crippen molar-refractivity contribution in [2.45, 2.75) is 45.7 Å². The predicted molar refractivity (Wildman–Crippen MR) is 142 cm³/mol. The first-order valence-electron chi connectivity index (χ1n) is 12.9. The van der Waals surface area contributed by atoms with Gasteiger partial charge in [0.15, 0.2) is 0 Å². The molecule has 5 rings (SSSR count). The van der Waals surface area contributed by atoms with E-state index in [9.17, 15) is 14.7 Å². The van der Waals surface area contributed by atoms with E-state index in [1.54, 1.807) is 23.3 Å². The van der Waals surface area contributed by atoms with E-state index in [0.717, 1.165) is 17.0 Å². The van der Waals surface area contributed by atoms with Gasteiger partial charge in [-0.2, -0.15) is 5.10 Å². The molecular formula is C26H33N9O3. The van der Waals surface area contributed by atoms with Crippen LogP contribution in [-0.4, -0.2) is 67.1 Å². The highest BCUT2D eigenvalue weighted by Crippen LogP contribution is 2.38. The summed E-state index contributed by atoms with van der Waals surface area (Å²) in [6, 6.07) is 1.57. The van der Waals surface area contributed by atoms with Crippen LogP contribution in [0.1, 0.15) is 45.6 Å². The van der Waals surface area contributed by atoms with Crippen molar-refractivity contribution in [2.75, 3.05) is 24.5 Å². The Balaban J connectivity index is 1.39. The number of fused-ring (bicyclic) bond motifs is 1. The maximum absolute atomic E-state index is 12.1. The normalized spacial score (nSPS) is 22.0. The van der Waals surface area contributed by atoms with Crippen LogP contribution in [-0.2, 0) is 4.79 Å². The van der Waals surface area contributed by atoms with E-state index in [-0.39, 0.29) is 6.03 Å². The van der Waals surface area contributed by atoms with Gasteiger partial charge in [0.25, 0.3) is 0 Å². The lowest BCUT2D eigenvalue weighted by atomic mass is 9.76. The number of allylic oxidation sites excluding steroid dienone is 2. The Morgan fingerprint density at radius 1 is 1.18 bits per heavy atom. The fourth-order valence-electron chi connectivity index (χ4n) is 5.22. The minimum absolute atomic E-state index is 0.287. The molecule has 1 unspecified atom stereocenters. The van der Waals surface area contributed by atoms with Gasteiger partial charge in [-0.15, -0.1) is 0 Å². The lowest BCUT2D eigenvalue weighted by Crippen LogP contribution is -2.50. The highest BCUT2D eigenvalue weighted by Gasteiger charge is 2.41. The Labute approximate surface area is 221 Å². The standard InChI is InChI=1S/C26H33N9O3/c1-4-26(22(36)37)7-11-33(12-8-26)23-28-15-19(16-29-23)18-13-21(35-10-6-9-30-35)34-17-20(31-24(38)27-5-2)32-25(34,3)14-18/h6,9-10,13-17,32H,4-5,7-8,11-12H2,1-3H3,(H,36,37)(H2,27,31,38). The number of carbonyl (C=O) groups excluding carboxylic acids is 1. The van der Waals surface area contributed by atoms with E-state index in [1.807, 2.05) is 55.1 Å². The maximum atomic E-state index is 12.1. The Bertz CT molecular complexity index is 1290. The summed E-state index contributed by atoms with van der Waals surface area (Å²) in [4.78, 5) is 37.2. The molecule has 5 heterocycles. The Kier molecular flexibility index (Phi) is 6.55. The molecule has 38 heavy (non-hydrogen) atoms. The minimum Gasteiger partial charge on any atom is -0.481 e. The van der Waals surface area contributed by atoms with Gasteiger partial charge in [0.2, 0.25) is 5.95 Å². The molecule has 2 aromatic heterocycles. The van der Waals surface area contributed by atoms with Crippen LogP contribution in [0.3, 0.4) is 0 Å². The van der Waals surface area contributed by atoms with E-state index in [2.05, 4.69) is 37.1 Å². The number of aromatic nitrogens is 4. The summed E-state index contributed by atoms with van der Waals surface area (Å²) in [7, 11) is 0. The average molecular weight is 520 g/mol. The number of piperidine rings is 1. The van der Waals surface area contributed by atoms with Crippen molar-refractivity contribution < 1.29 is 14.7 Å². The number of aliphatic carboxylic acids is 1. The van der Waals surface area contributed by atoms with Gasteiger partial charge in [0, 0.05) is 56.2 Å². The molecule has 1 atom stereocenters. The Morgan fingerprint density at radius 3 is 2.53 bits per heavy atom. The van der Waals surface area contributed by atoms with Crippen LogP contribution in [0.5, 0.6) is 0 Å². The maximum Gasteiger partial charge on any atom is 0.320 e. The van der Waals surface area contributed by atoms with Crippen LogP contribution in [0.4, 0.5) is 10.7 Å². The molecule has 3 aliphatic rings. The van der Waals surface area contributed by atoms with Crippen molar-refractivity contribution >= 4 is 29.3 Å². The van der Waals surface area contributed by atoms with Crippen molar-refractivity contribution in [1.82, 2.24) is 40.6 Å². The summed E-state index contributed by atoms with van der Waals surface area (Å²) < 4.78 is 1.77. The van der Waals surface area contributed by atoms with Crippen molar-refractivity contribution in [3.8, 4) is 0 Å². The highest BCUT2D eigenvalue weighted by molar-refractivity contribution is 5.83. The zero-order valence-corrected chi connectivity index (χ0v) is 21.8.